The van der Waals surface area contributed by atoms with Gasteiger partial charge in [-0.1, -0.05) is 25.1 Å². The van der Waals surface area contributed by atoms with Crippen molar-refractivity contribution in [2.45, 2.75) is 25.7 Å². The normalized spacial score (nSPS) is 15.6. The van der Waals surface area contributed by atoms with Crippen molar-refractivity contribution in [3.8, 4) is 17.2 Å². The number of aromatic nitrogens is 1. The van der Waals surface area contributed by atoms with Gasteiger partial charge in [0.2, 0.25) is 0 Å². The summed E-state index contributed by atoms with van der Waals surface area (Å²) in [5.41, 5.74) is 10.8. The van der Waals surface area contributed by atoms with Crippen molar-refractivity contribution in [3.63, 3.8) is 0 Å². The lowest BCUT2D eigenvalue weighted by molar-refractivity contribution is 0.666. The number of benzene rings is 1. The summed E-state index contributed by atoms with van der Waals surface area (Å²) >= 11 is 0. The van der Waals surface area contributed by atoms with Crippen LogP contribution in [0.25, 0.3) is 11.1 Å². The van der Waals surface area contributed by atoms with Gasteiger partial charge in [-0.25, -0.2) is 4.98 Å². The lowest BCUT2D eigenvalue weighted by Gasteiger charge is -2.16. The van der Waals surface area contributed by atoms with Gasteiger partial charge in [0, 0.05) is 17.4 Å². The number of nitriles is 1. The van der Waals surface area contributed by atoms with Crippen molar-refractivity contribution in [2.24, 2.45) is 5.92 Å². The van der Waals surface area contributed by atoms with E-state index in [0.29, 0.717) is 11.6 Å². The van der Waals surface area contributed by atoms with Crippen LogP contribution in [0.2, 0.25) is 0 Å². The van der Waals surface area contributed by atoms with E-state index in [9.17, 15) is 0 Å². The minimum atomic E-state index is 0.419. The molecule has 1 atom stereocenters. The topological polar surface area (TPSA) is 62.7 Å². The molecule has 0 aliphatic heterocycles. The Kier molecular flexibility index (Phi) is 3.15. The van der Waals surface area contributed by atoms with Crippen LogP contribution in [-0.4, -0.2) is 4.98 Å². The number of anilines is 1. The van der Waals surface area contributed by atoms with Crippen LogP contribution in [0.1, 0.15) is 36.9 Å². The van der Waals surface area contributed by atoms with Gasteiger partial charge in [0.1, 0.15) is 11.8 Å². The van der Waals surface area contributed by atoms with Crippen LogP contribution in [0.15, 0.2) is 36.5 Å². The van der Waals surface area contributed by atoms with Gasteiger partial charge >= 0.3 is 0 Å². The smallest absolute Gasteiger partial charge is 0.141 e. The Bertz CT molecular complexity index is 681. The molecule has 0 bridgehead atoms. The molecule has 3 heteroatoms. The summed E-state index contributed by atoms with van der Waals surface area (Å²) in [5, 5.41) is 8.96. The van der Waals surface area contributed by atoms with E-state index in [4.69, 9.17) is 11.0 Å². The van der Waals surface area contributed by atoms with Crippen LogP contribution in [-0.2, 0) is 0 Å². The minimum Gasteiger partial charge on any atom is -0.398 e. The van der Waals surface area contributed by atoms with Gasteiger partial charge in [0.15, 0.2) is 0 Å². The summed E-state index contributed by atoms with van der Waals surface area (Å²) in [6.45, 7) is 2.25. The second-order valence-corrected chi connectivity index (χ2v) is 5.48. The zero-order chi connectivity index (χ0) is 14.1. The molecule has 1 aliphatic carbocycles. The van der Waals surface area contributed by atoms with Crippen molar-refractivity contribution in [1.29, 1.82) is 5.26 Å². The van der Waals surface area contributed by atoms with Gasteiger partial charge in [-0.3, -0.25) is 0 Å². The van der Waals surface area contributed by atoms with Crippen molar-refractivity contribution >= 4 is 5.69 Å². The first-order valence-corrected chi connectivity index (χ1v) is 6.95. The Labute approximate surface area is 119 Å². The number of pyridine rings is 1. The average Bonchev–Trinajstić information content (AvgIpc) is 3.31. The molecule has 1 unspecified atom stereocenters. The molecular weight excluding hydrogens is 246 g/mol. The van der Waals surface area contributed by atoms with E-state index in [1.165, 1.54) is 18.4 Å². The lowest BCUT2D eigenvalue weighted by Crippen LogP contribution is -2.03. The van der Waals surface area contributed by atoms with Crippen LogP contribution in [0.3, 0.4) is 0 Å². The van der Waals surface area contributed by atoms with E-state index in [0.717, 1.165) is 22.7 Å². The highest BCUT2D eigenvalue weighted by molar-refractivity contribution is 5.79. The summed E-state index contributed by atoms with van der Waals surface area (Å²) in [7, 11) is 0. The third-order valence-corrected chi connectivity index (χ3v) is 4.15. The molecule has 1 saturated carbocycles. The molecule has 1 heterocycles. The van der Waals surface area contributed by atoms with Crippen molar-refractivity contribution in [1.82, 2.24) is 4.98 Å². The van der Waals surface area contributed by atoms with Gasteiger partial charge in [-0.2, -0.15) is 5.26 Å². The molecule has 20 heavy (non-hydrogen) atoms. The first kappa shape index (κ1) is 12.7. The van der Waals surface area contributed by atoms with Gasteiger partial charge in [-0.15, -0.1) is 0 Å². The molecule has 0 saturated heterocycles. The highest BCUT2D eigenvalue weighted by Crippen LogP contribution is 2.45. The highest BCUT2D eigenvalue weighted by atomic mass is 14.7. The second kappa shape index (κ2) is 4.97. The summed E-state index contributed by atoms with van der Waals surface area (Å²) in [5.74, 6) is 1.28. The fourth-order valence-corrected chi connectivity index (χ4v) is 2.74. The van der Waals surface area contributed by atoms with Gasteiger partial charge in [-0.05, 0) is 47.9 Å². The molecule has 2 N–H and O–H groups in total. The Balaban J connectivity index is 2.05. The van der Waals surface area contributed by atoms with E-state index < -0.39 is 0 Å². The van der Waals surface area contributed by atoms with Crippen molar-refractivity contribution in [3.05, 3.63) is 47.8 Å². The number of rotatable bonds is 3. The quantitative estimate of drug-likeness (QED) is 0.858. The molecule has 100 valence electrons. The second-order valence-electron chi connectivity index (χ2n) is 5.48. The van der Waals surface area contributed by atoms with Gasteiger partial charge in [0.25, 0.3) is 0 Å². The molecule has 0 amide bonds. The number of nitrogen functional groups attached to an aromatic ring is 1. The molecule has 1 fully saturated rings. The molecule has 3 nitrogen and oxygen atoms in total. The molecule has 1 aromatic heterocycles. The Morgan fingerprint density at radius 2 is 2.15 bits per heavy atom. The summed E-state index contributed by atoms with van der Waals surface area (Å²) in [6, 6.07) is 11.9. The Morgan fingerprint density at radius 3 is 2.85 bits per heavy atom. The maximum atomic E-state index is 8.96. The fraction of sp³-hybridized carbons (Fsp3) is 0.294. The zero-order valence-electron chi connectivity index (χ0n) is 11.5. The number of hydrogen-bond acceptors (Lipinski definition) is 3. The molecule has 0 radical (unpaired) electrons. The summed E-state index contributed by atoms with van der Waals surface area (Å²) in [6.07, 6.45) is 4.27. The maximum absolute atomic E-state index is 8.96. The Hall–Kier alpha value is -2.34. The minimum absolute atomic E-state index is 0.419. The molecule has 1 aliphatic rings. The van der Waals surface area contributed by atoms with Crippen LogP contribution in [0.4, 0.5) is 5.69 Å². The van der Waals surface area contributed by atoms with Crippen LogP contribution < -0.4 is 5.73 Å². The predicted octanol–water partition coefficient (Wildman–Crippen LogP) is 3.72. The van der Waals surface area contributed by atoms with Crippen molar-refractivity contribution in [2.75, 3.05) is 5.73 Å². The first-order valence-electron chi connectivity index (χ1n) is 6.95. The number of hydrogen-bond donors (Lipinski definition) is 1. The zero-order valence-corrected chi connectivity index (χ0v) is 11.5. The third kappa shape index (κ3) is 2.25. The maximum Gasteiger partial charge on any atom is 0.141 e. The monoisotopic (exact) mass is 263 g/mol. The molecular formula is C17H17N3. The molecule has 0 spiro atoms. The summed E-state index contributed by atoms with van der Waals surface area (Å²) < 4.78 is 0. The molecule has 1 aromatic carbocycles. The number of nitrogens with zero attached hydrogens (tertiary/aromatic N) is 2. The highest BCUT2D eigenvalue weighted by Gasteiger charge is 2.30. The van der Waals surface area contributed by atoms with E-state index in [1.54, 1.807) is 12.3 Å². The van der Waals surface area contributed by atoms with E-state index in [2.05, 4.69) is 24.0 Å². The van der Waals surface area contributed by atoms with Gasteiger partial charge in [0.05, 0.1) is 0 Å². The van der Waals surface area contributed by atoms with Crippen molar-refractivity contribution < 1.29 is 0 Å². The lowest BCUT2D eigenvalue weighted by atomic mass is 9.91. The first-order chi connectivity index (χ1) is 9.70. The molecule has 2 aromatic rings. The summed E-state index contributed by atoms with van der Waals surface area (Å²) in [4.78, 5) is 4.01. The largest absolute Gasteiger partial charge is 0.398 e. The van der Waals surface area contributed by atoms with E-state index in [1.807, 2.05) is 18.2 Å². The van der Waals surface area contributed by atoms with E-state index in [-0.39, 0.29) is 0 Å². The standard InChI is InChI=1S/C17H17N3/c1-11(12-5-6-12)15-3-2-4-16(17(15)19)13-7-8-20-14(9-13)10-18/h2-4,7-9,11-12H,5-6,19H2,1H3. The van der Waals surface area contributed by atoms with Gasteiger partial charge < -0.3 is 5.73 Å². The number of nitrogens with two attached hydrogens (primary N) is 1. The van der Waals surface area contributed by atoms with E-state index >= 15 is 0 Å². The SMILES string of the molecule is CC(c1cccc(-c2ccnc(C#N)c2)c1N)C1CC1. The van der Waals surface area contributed by atoms with Crippen LogP contribution in [0, 0.1) is 17.2 Å². The average molecular weight is 263 g/mol. The Morgan fingerprint density at radius 1 is 1.35 bits per heavy atom. The number of para-hydroxylation sites is 1. The fourth-order valence-electron chi connectivity index (χ4n) is 2.74. The van der Waals surface area contributed by atoms with Crippen LogP contribution >= 0.6 is 0 Å². The molecule has 3 rings (SSSR count). The predicted molar refractivity (Wildman–Crippen MR) is 79.9 cm³/mol. The third-order valence-electron chi connectivity index (χ3n) is 4.15. The van der Waals surface area contributed by atoms with Crippen LogP contribution in [0.5, 0.6) is 0 Å².